The van der Waals surface area contributed by atoms with Crippen LogP contribution in [0.3, 0.4) is 0 Å². The first-order valence-corrected chi connectivity index (χ1v) is 6.62. The molecule has 1 aliphatic heterocycles. The van der Waals surface area contributed by atoms with Crippen LogP contribution in [0.5, 0.6) is 0 Å². The molecule has 5 heteroatoms. The Morgan fingerprint density at radius 1 is 1.61 bits per heavy atom. The molecule has 0 bridgehead atoms. The Kier molecular flexibility index (Phi) is 2.40. The van der Waals surface area contributed by atoms with E-state index in [2.05, 4.69) is 11.1 Å². The molecule has 3 rings (SSSR count). The lowest BCUT2D eigenvalue weighted by atomic mass is 10.0. The molecule has 2 aliphatic rings. The molecule has 2 unspecified atom stereocenters. The molecule has 0 spiro atoms. The largest absolute Gasteiger partial charge is 0.366 e. The summed E-state index contributed by atoms with van der Waals surface area (Å²) >= 11 is 1.60. The molecule has 2 atom stereocenters. The van der Waals surface area contributed by atoms with Gasteiger partial charge in [-0.1, -0.05) is 17.8 Å². The number of aliphatic hydroxyl groups is 1. The average Bonchev–Trinajstić information content (AvgIpc) is 2.80. The van der Waals surface area contributed by atoms with Crippen LogP contribution < -0.4 is 0 Å². The van der Waals surface area contributed by atoms with Crippen molar-refractivity contribution >= 4 is 16.9 Å². The van der Waals surface area contributed by atoms with Gasteiger partial charge in [-0.15, -0.1) is 0 Å². The zero-order valence-corrected chi connectivity index (χ0v) is 11.0. The van der Waals surface area contributed by atoms with E-state index in [1.807, 2.05) is 24.1 Å². The molecule has 0 saturated carbocycles. The fraction of sp³-hybridized carbons (Fsp3) is 0.385. The number of amidine groups is 1. The summed E-state index contributed by atoms with van der Waals surface area (Å²) in [6, 6.07) is 7.65. The molecule has 1 saturated heterocycles. The van der Waals surface area contributed by atoms with E-state index in [0.717, 1.165) is 22.7 Å². The quantitative estimate of drug-likeness (QED) is 0.763. The summed E-state index contributed by atoms with van der Waals surface area (Å²) in [5, 5.41) is 20.8. The van der Waals surface area contributed by atoms with Crippen molar-refractivity contribution in [1.82, 2.24) is 4.90 Å². The monoisotopic (exact) mass is 259 g/mol. The van der Waals surface area contributed by atoms with Crippen LogP contribution in [0, 0.1) is 11.3 Å². The molecule has 18 heavy (non-hydrogen) atoms. The Bertz CT molecular complexity index is 592. The van der Waals surface area contributed by atoms with Gasteiger partial charge in [0.2, 0.25) is 0 Å². The normalized spacial score (nSPS) is 31.3. The minimum absolute atomic E-state index is 0.0603. The van der Waals surface area contributed by atoms with Crippen LogP contribution in [-0.2, 0) is 12.1 Å². The predicted octanol–water partition coefficient (Wildman–Crippen LogP) is 1.29. The van der Waals surface area contributed by atoms with Crippen molar-refractivity contribution < 1.29 is 5.11 Å². The summed E-state index contributed by atoms with van der Waals surface area (Å²) in [5.74, 6) is 0. The van der Waals surface area contributed by atoms with Crippen molar-refractivity contribution in [2.24, 2.45) is 4.99 Å². The molecular weight excluding hydrogens is 246 g/mol. The van der Waals surface area contributed by atoms with Crippen LogP contribution in [-0.4, -0.2) is 34.5 Å². The third-order valence-corrected chi connectivity index (χ3v) is 5.17. The third kappa shape index (κ3) is 1.27. The maximum Gasteiger partial charge on any atom is 0.178 e. The molecule has 0 amide bonds. The van der Waals surface area contributed by atoms with Crippen LogP contribution in [0.2, 0.25) is 0 Å². The average molecular weight is 259 g/mol. The van der Waals surface area contributed by atoms with E-state index in [9.17, 15) is 5.11 Å². The standard InChI is InChI=1S/C13H13N3OS/c1-15-12-16(2)13(17)10-4-3-8(7-14)5-9(10)6-11(13)18-12/h3-5,11,17H,6H2,1-2H3/b15-12-. The topological polar surface area (TPSA) is 59.6 Å². The lowest BCUT2D eigenvalue weighted by Crippen LogP contribution is -2.44. The van der Waals surface area contributed by atoms with E-state index in [1.165, 1.54) is 0 Å². The Morgan fingerprint density at radius 3 is 3.06 bits per heavy atom. The van der Waals surface area contributed by atoms with Crippen LogP contribution in [0.25, 0.3) is 0 Å². The van der Waals surface area contributed by atoms with E-state index in [0.29, 0.717) is 5.56 Å². The van der Waals surface area contributed by atoms with Gasteiger partial charge in [-0.2, -0.15) is 5.26 Å². The number of hydrogen-bond acceptors (Lipinski definition) is 4. The Hall–Kier alpha value is -1.51. The Balaban J connectivity index is 2.13. The number of nitrogens with zero attached hydrogens (tertiary/aromatic N) is 3. The van der Waals surface area contributed by atoms with Crippen molar-refractivity contribution in [3.05, 3.63) is 34.9 Å². The first-order chi connectivity index (χ1) is 8.61. The summed E-state index contributed by atoms with van der Waals surface area (Å²) < 4.78 is 0. The first kappa shape index (κ1) is 11.6. The zero-order chi connectivity index (χ0) is 12.9. The molecule has 4 nitrogen and oxygen atoms in total. The van der Waals surface area contributed by atoms with Gasteiger partial charge >= 0.3 is 0 Å². The highest BCUT2D eigenvalue weighted by molar-refractivity contribution is 8.14. The van der Waals surface area contributed by atoms with E-state index >= 15 is 0 Å². The third-order valence-electron chi connectivity index (χ3n) is 3.72. The van der Waals surface area contributed by atoms with Gasteiger partial charge in [0.1, 0.15) is 0 Å². The van der Waals surface area contributed by atoms with Gasteiger partial charge in [0, 0.05) is 19.7 Å². The van der Waals surface area contributed by atoms with Crippen molar-refractivity contribution in [3.63, 3.8) is 0 Å². The Morgan fingerprint density at radius 2 is 2.39 bits per heavy atom. The van der Waals surface area contributed by atoms with Gasteiger partial charge in [0.15, 0.2) is 10.9 Å². The number of fused-ring (bicyclic) bond motifs is 3. The second-order valence-corrected chi connectivity index (χ2v) is 5.76. The fourth-order valence-corrected chi connectivity index (χ4v) is 4.15. The molecule has 1 aromatic carbocycles. The summed E-state index contributed by atoms with van der Waals surface area (Å²) in [4.78, 5) is 6.03. The van der Waals surface area contributed by atoms with Crippen LogP contribution in [0.4, 0.5) is 0 Å². The summed E-state index contributed by atoms with van der Waals surface area (Å²) in [6.07, 6.45) is 0.773. The highest BCUT2D eigenvalue weighted by atomic mass is 32.2. The molecule has 92 valence electrons. The van der Waals surface area contributed by atoms with Crippen molar-refractivity contribution in [2.45, 2.75) is 17.4 Å². The van der Waals surface area contributed by atoms with E-state index < -0.39 is 5.72 Å². The maximum atomic E-state index is 11.0. The number of aliphatic imine (C=N–C) groups is 1. The van der Waals surface area contributed by atoms with Crippen LogP contribution >= 0.6 is 11.8 Å². The first-order valence-electron chi connectivity index (χ1n) is 5.74. The van der Waals surface area contributed by atoms with Gasteiger partial charge in [0.05, 0.1) is 16.9 Å². The Labute approximate surface area is 110 Å². The van der Waals surface area contributed by atoms with Gasteiger partial charge in [0.25, 0.3) is 0 Å². The molecular formula is C13H13N3OS. The van der Waals surface area contributed by atoms with Crippen LogP contribution in [0.1, 0.15) is 16.7 Å². The maximum absolute atomic E-state index is 11.0. The lowest BCUT2D eigenvalue weighted by molar-refractivity contribution is -0.0496. The molecule has 1 heterocycles. The SMILES string of the molecule is C/N=C1\SC2Cc3cc(C#N)ccc3C2(O)N1C. The molecule has 1 aliphatic carbocycles. The number of benzene rings is 1. The van der Waals surface area contributed by atoms with E-state index in [-0.39, 0.29) is 5.25 Å². The molecule has 1 N–H and O–H groups in total. The van der Waals surface area contributed by atoms with Crippen molar-refractivity contribution in [2.75, 3.05) is 14.1 Å². The second kappa shape index (κ2) is 3.74. The van der Waals surface area contributed by atoms with Gasteiger partial charge in [-0.25, -0.2) is 0 Å². The van der Waals surface area contributed by atoms with Gasteiger partial charge in [-0.05, 0) is 24.1 Å². The highest BCUT2D eigenvalue weighted by Gasteiger charge is 2.55. The summed E-state index contributed by atoms with van der Waals surface area (Å²) in [5.41, 5.74) is 1.63. The van der Waals surface area contributed by atoms with Crippen molar-refractivity contribution in [1.29, 1.82) is 5.26 Å². The fourth-order valence-electron chi connectivity index (χ4n) is 2.78. The van der Waals surface area contributed by atoms with E-state index in [1.54, 1.807) is 24.9 Å². The highest BCUT2D eigenvalue weighted by Crippen LogP contribution is 2.51. The molecule has 1 fully saturated rings. The number of hydrogen-bond donors (Lipinski definition) is 1. The minimum atomic E-state index is -0.983. The second-order valence-electron chi connectivity index (χ2n) is 4.59. The van der Waals surface area contributed by atoms with Crippen molar-refractivity contribution in [3.8, 4) is 6.07 Å². The molecule has 1 aromatic rings. The predicted molar refractivity (Wildman–Crippen MR) is 71.3 cm³/mol. The molecule has 0 aromatic heterocycles. The zero-order valence-electron chi connectivity index (χ0n) is 10.2. The lowest BCUT2D eigenvalue weighted by Gasteiger charge is -2.31. The van der Waals surface area contributed by atoms with Gasteiger partial charge in [-0.3, -0.25) is 4.99 Å². The number of nitriles is 1. The minimum Gasteiger partial charge on any atom is -0.366 e. The summed E-state index contributed by atoms with van der Waals surface area (Å²) in [6.45, 7) is 0. The molecule has 0 radical (unpaired) electrons. The number of rotatable bonds is 0. The van der Waals surface area contributed by atoms with Gasteiger partial charge < -0.3 is 10.0 Å². The number of thioether (sulfide) groups is 1. The summed E-state index contributed by atoms with van der Waals surface area (Å²) in [7, 11) is 3.60. The van der Waals surface area contributed by atoms with E-state index in [4.69, 9.17) is 5.26 Å². The van der Waals surface area contributed by atoms with Crippen LogP contribution in [0.15, 0.2) is 23.2 Å². The smallest absolute Gasteiger partial charge is 0.178 e.